The van der Waals surface area contributed by atoms with Crippen LogP contribution in [-0.2, 0) is 4.79 Å². The van der Waals surface area contributed by atoms with Crippen molar-refractivity contribution in [3.63, 3.8) is 0 Å². The van der Waals surface area contributed by atoms with Gasteiger partial charge < -0.3 is 14.6 Å². The van der Waals surface area contributed by atoms with Gasteiger partial charge in [0, 0.05) is 37.7 Å². The summed E-state index contributed by atoms with van der Waals surface area (Å²) in [5.41, 5.74) is 2.44. The highest BCUT2D eigenvalue weighted by atomic mass is 16.3. The Bertz CT molecular complexity index is 620. The van der Waals surface area contributed by atoms with Crippen LogP contribution in [0.25, 0.3) is 11.1 Å². The lowest BCUT2D eigenvalue weighted by Gasteiger charge is -2.16. The number of benzene rings is 1. The van der Waals surface area contributed by atoms with Crippen molar-refractivity contribution in [3.05, 3.63) is 24.1 Å². The first kappa shape index (κ1) is 12.2. The van der Waals surface area contributed by atoms with E-state index < -0.39 is 0 Å². The maximum absolute atomic E-state index is 12.0. The van der Waals surface area contributed by atoms with Crippen LogP contribution in [0.15, 0.2) is 22.6 Å². The summed E-state index contributed by atoms with van der Waals surface area (Å²) in [7, 11) is 0. The van der Waals surface area contributed by atoms with Gasteiger partial charge in [0.2, 0.25) is 5.91 Å². The molecule has 0 saturated carbocycles. The Morgan fingerprint density at radius 3 is 3.16 bits per heavy atom. The van der Waals surface area contributed by atoms with Gasteiger partial charge in [0.05, 0.1) is 0 Å². The van der Waals surface area contributed by atoms with E-state index in [1.807, 2.05) is 30.0 Å². The lowest BCUT2D eigenvalue weighted by Crippen LogP contribution is -2.32. The summed E-state index contributed by atoms with van der Waals surface area (Å²) >= 11 is 0. The Kier molecular flexibility index (Phi) is 2.98. The van der Waals surface area contributed by atoms with E-state index in [1.54, 1.807) is 0 Å². The molecule has 1 amide bonds. The lowest BCUT2D eigenvalue weighted by atomic mass is 10.2. The molecule has 1 aromatic carbocycles. The second-order valence-corrected chi connectivity index (χ2v) is 4.85. The van der Waals surface area contributed by atoms with Gasteiger partial charge in [0.1, 0.15) is 5.52 Å². The van der Waals surface area contributed by atoms with Gasteiger partial charge in [-0.15, -0.1) is 0 Å². The Morgan fingerprint density at radius 1 is 1.53 bits per heavy atom. The fourth-order valence-electron chi connectivity index (χ4n) is 2.58. The van der Waals surface area contributed by atoms with Crippen LogP contribution in [-0.4, -0.2) is 30.0 Å². The number of carbonyl (C=O) groups is 1. The first-order chi connectivity index (χ1) is 9.17. The standard InChI is InChI=1S/C14H17N3O2/c1-3-15-10-6-14(18)17(8-10)11-4-5-12-13(7-11)19-9(2)16-12/h4-5,7,10,15H,3,6,8H2,1-2H3. The maximum Gasteiger partial charge on any atom is 0.228 e. The van der Waals surface area contributed by atoms with Crippen LogP contribution >= 0.6 is 0 Å². The van der Waals surface area contributed by atoms with Crippen LogP contribution in [0.2, 0.25) is 0 Å². The van der Waals surface area contributed by atoms with Crippen LogP contribution in [0.4, 0.5) is 5.69 Å². The minimum Gasteiger partial charge on any atom is -0.441 e. The zero-order valence-corrected chi connectivity index (χ0v) is 11.1. The molecular formula is C14H17N3O2. The molecule has 5 heteroatoms. The molecule has 0 radical (unpaired) electrons. The molecule has 0 spiro atoms. The molecule has 1 unspecified atom stereocenters. The van der Waals surface area contributed by atoms with E-state index in [4.69, 9.17) is 4.42 Å². The molecule has 2 aromatic rings. The summed E-state index contributed by atoms with van der Waals surface area (Å²) in [6.45, 7) is 5.47. The van der Waals surface area contributed by atoms with Gasteiger partial charge in [0.25, 0.3) is 0 Å². The second-order valence-electron chi connectivity index (χ2n) is 4.85. The molecule has 1 atom stereocenters. The van der Waals surface area contributed by atoms with Gasteiger partial charge in [0.15, 0.2) is 11.5 Å². The number of fused-ring (bicyclic) bond motifs is 1. The fraction of sp³-hybridized carbons (Fsp3) is 0.429. The number of rotatable bonds is 3. The Hall–Kier alpha value is -1.88. The number of hydrogen-bond acceptors (Lipinski definition) is 4. The number of nitrogens with one attached hydrogen (secondary N) is 1. The van der Waals surface area contributed by atoms with Crippen molar-refractivity contribution in [2.75, 3.05) is 18.0 Å². The summed E-state index contributed by atoms with van der Waals surface area (Å²) in [6.07, 6.45) is 0.557. The molecule has 19 heavy (non-hydrogen) atoms. The molecule has 1 aromatic heterocycles. The van der Waals surface area contributed by atoms with Gasteiger partial charge in [-0.05, 0) is 18.7 Å². The van der Waals surface area contributed by atoms with E-state index >= 15 is 0 Å². The third-order valence-electron chi connectivity index (χ3n) is 3.41. The van der Waals surface area contributed by atoms with Crippen molar-refractivity contribution in [3.8, 4) is 0 Å². The number of carbonyl (C=O) groups excluding carboxylic acids is 1. The summed E-state index contributed by atoms with van der Waals surface area (Å²) < 4.78 is 5.51. The summed E-state index contributed by atoms with van der Waals surface area (Å²) in [5.74, 6) is 0.798. The highest BCUT2D eigenvalue weighted by Crippen LogP contribution is 2.26. The smallest absolute Gasteiger partial charge is 0.228 e. The molecule has 1 N–H and O–H groups in total. The maximum atomic E-state index is 12.0. The normalized spacial score (nSPS) is 19.6. The van der Waals surface area contributed by atoms with Gasteiger partial charge >= 0.3 is 0 Å². The van der Waals surface area contributed by atoms with E-state index in [9.17, 15) is 4.79 Å². The summed E-state index contributed by atoms with van der Waals surface area (Å²) in [5, 5.41) is 3.32. The van der Waals surface area contributed by atoms with Crippen molar-refractivity contribution in [1.29, 1.82) is 0 Å². The summed E-state index contributed by atoms with van der Waals surface area (Å²) in [4.78, 5) is 18.1. The van der Waals surface area contributed by atoms with Crippen LogP contribution in [0.1, 0.15) is 19.2 Å². The number of aromatic nitrogens is 1. The average Bonchev–Trinajstić information content (AvgIpc) is 2.90. The van der Waals surface area contributed by atoms with Gasteiger partial charge in [-0.1, -0.05) is 6.92 Å². The number of amides is 1. The molecule has 2 heterocycles. The largest absolute Gasteiger partial charge is 0.441 e. The summed E-state index contributed by atoms with van der Waals surface area (Å²) in [6, 6.07) is 5.96. The molecule has 100 valence electrons. The molecule has 1 aliphatic heterocycles. The average molecular weight is 259 g/mol. The second kappa shape index (κ2) is 4.66. The van der Waals surface area contributed by atoms with E-state index in [2.05, 4.69) is 17.2 Å². The minimum atomic E-state index is 0.154. The van der Waals surface area contributed by atoms with Crippen LogP contribution < -0.4 is 10.2 Å². The zero-order valence-electron chi connectivity index (χ0n) is 11.1. The van der Waals surface area contributed by atoms with E-state index in [1.165, 1.54) is 0 Å². The number of anilines is 1. The highest BCUT2D eigenvalue weighted by Gasteiger charge is 2.30. The van der Waals surface area contributed by atoms with E-state index in [-0.39, 0.29) is 11.9 Å². The Balaban J connectivity index is 1.89. The molecule has 3 rings (SSSR count). The number of oxazole rings is 1. The molecule has 1 fully saturated rings. The zero-order chi connectivity index (χ0) is 13.4. The molecule has 5 nitrogen and oxygen atoms in total. The SMILES string of the molecule is CCNC1CC(=O)N(c2ccc3nc(C)oc3c2)C1. The third-order valence-corrected chi connectivity index (χ3v) is 3.41. The number of aryl methyl sites for hydroxylation is 1. The Morgan fingerprint density at radius 2 is 2.37 bits per heavy atom. The van der Waals surface area contributed by atoms with Crippen molar-refractivity contribution >= 4 is 22.7 Å². The lowest BCUT2D eigenvalue weighted by molar-refractivity contribution is -0.117. The highest BCUT2D eigenvalue weighted by molar-refractivity contribution is 5.97. The third kappa shape index (κ3) is 2.21. The van der Waals surface area contributed by atoms with Gasteiger partial charge in [-0.2, -0.15) is 0 Å². The number of likely N-dealkylation sites (N-methyl/N-ethyl adjacent to an activating group) is 1. The topological polar surface area (TPSA) is 58.4 Å². The number of nitrogens with zero attached hydrogens (tertiary/aromatic N) is 2. The van der Waals surface area contributed by atoms with Crippen molar-refractivity contribution in [1.82, 2.24) is 10.3 Å². The van der Waals surface area contributed by atoms with Crippen LogP contribution in [0, 0.1) is 6.92 Å². The molecule has 0 aliphatic carbocycles. The van der Waals surface area contributed by atoms with Crippen molar-refractivity contribution < 1.29 is 9.21 Å². The van der Waals surface area contributed by atoms with Crippen molar-refractivity contribution in [2.24, 2.45) is 0 Å². The van der Waals surface area contributed by atoms with Crippen LogP contribution in [0.5, 0.6) is 0 Å². The monoisotopic (exact) mass is 259 g/mol. The van der Waals surface area contributed by atoms with Crippen LogP contribution in [0.3, 0.4) is 0 Å². The van der Waals surface area contributed by atoms with E-state index in [0.717, 1.165) is 23.3 Å². The van der Waals surface area contributed by atoms with Gasteiger partial charge in [-0.3, -0.25) is 4.79 Å². The quantitative estimate of drug-likeness (QED) is 0.914. The molecular weight excluding hydrogens is 242 g/mol. The molecule has 1 aliphatic rings. The first-order valence-electron chi connectivity index (χ1n) is 6.58. The van der Waals surface area contributed by atoms with E-state index in [0.29, 0.717) is 18.9 Å². The van der Waals surface area contributed by atoms with Crippen molar-refractivity contribution in [2.45, 2.75) is 26.3 Å². The fourth-order valence-corrected chi connectivity index (χ4v) is 2.58. The van der Waals surface area contributed by atoms with Gasteiger partial charge in [-0.25, -0.2) is 4.98 Å². The minimum absolute atomic E-state index is 0.154. The predicted molar refractivity (Wildman–Crippen MR) is 73.2 cm³/mol. The number of hydrogen-bond donors (Lipinski definition) is 1. The Labute approximate surface area is 111 Å². The first-order valence-corrected chi connectivity index (χ1v) is 6.58. The molecule has 1 saturated heterocycles. The predicted octanol–water partition coefficient (Wildman–Crippen LogP) is 1.85. The molecule has 0 bridgehead atoms.